The van der Waals surface area contributed by atoms with E-state index >= 15 is 0 Å². The molecular weight excluding hydrogens is 334 g/mol. The Morgan fingerprint density at radius 1 is 1.08 bits per heavy atom. The number of amides is 1. The number of benzene rings is 2. The van der Waals surface area contributed by atoms with Crippen LogP contribution in [0.1, 0.15) is 35.9 Å². The van der Waals surface area contributed by atoms with E-state index in [0.717, 1.165) is 43.0 Å². The molecule has 132 valence electrons. The average Bonchev–Trinajstić information content (AvgIpc) is 2.64. The van der Waals surface area contributed by atoms with Crippen LogP contribution in [0.3, 0.4) is 0 Å². The fourth-order valence-electron chi connectivity index (χ4n) is 3.28. The standard InChI is InChI=1S/C20H24ClN3O/c1-3-23(4-2)13-14-24-18-8-6-5-7-17(18)20(25)22-19(24)15-9-11-16(21)12-10-15/h5-12,19H,3-4,13-14H2,1-2H3,(H,22,25). The van der Waals surface area contributed by atoms with E-state index in [-0.39, 0.29) is 12.1 Å². The summed E-state index contributed by atoms with van der Waals surface area (Å²) in [5.41, 5.74) is 2.75. The lowest BCUT2D eigenvalue weighted by Crippen LogP contribution is -2.49. The second-order valence-corrected chi connectivity index (χ2v) is 6.60. The zero-order valence-electron chi connectivity index (χ0n) is 14.7. The van der Waals surface area contributed by atoms with E-state index in [2.05, 4.69) is 29.0 Å². The Morgan fingerprint density at radius 2 is 1.76 bits per heavy atom. The van der Waals surface area contributed by atoms with Gasteiger partial charge in [0.25, 0.3) is 5.91 Å². The van der Waals surface area contributed by atoms with E-state index in [0.29, 0.717) is 5.02 Å². The summed E-state index contributed by atoms with van der Waals surface area (Å²) in [4.78, 5) is 17.2. The molecule has 0 saturated heterocycles. The molecule has 0 aliphatic carbocycles. The first-order valence-corrected chi connectivity index (χ1v) is 9.16. The molecule has 5 heteroatoms. The zero-order valence-corrected chi connectivity index (χ0v) is 15.5. The van der Waals surface area contributed by atoms with Crippen LogP contribution in [-0.2, 0) is 0 Å². The minimum absolute atomic E-state index is 0.0327. The summed E-state index contributed by atoms with van der Waals surface area (Å²) in [5, 5.41) is 3.84. The van der Waals surface area contributed by atoms with Crippen LogP contribution < -0.4 is 10.2 Å². The molecule has 1 aliphatic rings. The Balaban J connectivity index is 1.94. The summed E-state index contributed by atoms with van der Waals surface area (Å²) in [6.07, 6.45) is -0.185. The fourth-order valence-corrected chi connectivity index (χ4v) is 3.41. The fraction of sp³-hybridized carbons (Fsp3) is 0.350. The van der Waals surface area contributed by atoms with Crippen LogP contribution in [0.25, 0.3) is 0 Å². The highest BCUT2D eigenvalue weighted by molar-refractivity contribution is 6.30. The highest BCUT2D eigenvalue weighted by Gasteiger charge is 2.31. The van der Waals surface area contributed by atoms with Gasteiger partial charge in [-0.1, -0.05) is 49.7 Å². The summed E-state index contributed by atoms with van der Waals surface area (Å²) in [5.74, 6) is -0.0327. The highest BCUT2D eigenvalue weighted by Crippen LogP contribution is 2.33. The number of nitrogens with zero attached hydrogens (tertiary/aromatic N) is 2. The van der Waals surface area contributed by atoms with Gasteiger partial charge in [0.15, 0.2) is 0 Å². The summed E-state index contributed by atoms with van der Waals surface area (Å²) < 4.78 is 0. The van der Waals surface area contributed by atoms with Gasteiger partial charge in [0.05, 0.1) is 11.3 Å². The van der Waals surface area contributed by atoms with Gasteiger partial charge in [-0.15, -0.1) is 0 Å². The number of hydrogen-bond acceptors (Lipinski definition) is 3. The first-order valence-electron chi connectivity index (χ1n) is 8.78. The third kappa shape index (κ3) is 3.80. The monoisotopic (exact) mass is 357 g/mol. The van der Waals surface area contributed by atoms with Crippen molar-refractivity contribution in [2.45, 2.75) is 20.0 Å². The maximum atomic E-state index is 12.6. The van der Waals surface area contributed by atoms with Crippen LogP contribution in [0.2, 0.25) is 5.02 Å². The van der Waals surface area contributed by atoms with Crippen LogP contribution >= 0.6 is 11.6 Å². The van der Waals surface area contributed by atoms with Crippen molar-refractivity contribution in [2.75, 3.05) is 31.1 Å². The summed E-state index contributed by atoms with van der Waals surface area (Å²) in [7, 11) is 0. The van der Waals surface area contributed by atoms with Crippen molar-refractivity contribution in [1.82, 2.24) is 10.2 Å². The van der Waals surface area contributed by atoms with Crippen molar-refractivity contribution in [3.63, 3.8) is 0 Å². The smallest absolute Gasteiger partial charge is 0.255 e. The molecule has 2 aromatic carbocycles. The maximum absolute atomic E-state index is 12.6. The number of fused-ring (bicyclic) bond motifs is 1. The molecule has 2 aromatic rings. The van der Waals surface area contributed by atoms with Gasteiger partial charge in [-0.3, -0.25) is 4.79 Å². The Hall–Kier alpha value is -2.04. The number of para-hydroxylation sites is 1. The largest absolute Gasteiger partial charge is 0.345 e. The average molecular weight is 358 g/mol. The molecule has 3 rings (SSSR count). The first-order chi connectivity index (χ1) is 12.1. The minimum atomic E-state index is -0.185. The Kier molecular flexibility index (Phi) is 5.61. The van der Waals surface area contributed by atoms with Gasteiger partial charge in [-0.05, 0) is 42.9 Å². The van der Waals surface area contributed by atoms with Gasteiger partial charge in [0.2, 0.25) is 0 Å². The lowest BCUT2D eigenvalue weighted by atomic mass is 10.0. The minimum Gasteiger partial charge on any atom is -0.345 e. The highest BCUT2D eigenvalue weighted by atomic mass is 35.5. The van der Waals surface area contributed by atoms with Crippen molar-refractivity contribution in [1.29, 1.82) is 0 Å². The Morgan fingerprint density at radius 3 is 2.44 bits per heavy atom. The van der Waals surface area contributed by atoms with Crippen molar-refractivity contribution in [2.24, 2.45) is 0 Å². The SMILES string of the molecule is CCN(CC)CCN1c2ccccc2C(=O)NC1c1ccc(Cl)cc1. The van der Waals surface area contributed by atoms with Crippen LogP contribution in [0.4, 0.5) is 5.69 Å². The molecule has 0 fully saturated rings. The van der Waals surface area contributed by atoms with E-state index in [1.54, 1.807) is 0 Å². The molecule has 1 unspecified atom stereocenters. The molecule has 0 bridgehead atoms. The first kappa shape index (κ1) is 17.8. The number of nitrogens with one attached hydrogen (secondary N) is 1. The summed E-state index contributed by atoms with van der Waals surface area (Å²) in [6.45, 7) is 8.17. The van der Waals surface area contributed by atoms with Gasteiger partial charge in [0.1, 0.15) is 6.17 Å². The number of rotatable bonds is 6. The molecule has 1 N–H and O–H groups in total. The lowest BCUT2D eigenvalue weighted by Gasteiger charge is -2.40. The second-order valence-electron chi connectivity index (χ2n) is 6.16. The van der Waals surface area contributed by atoms with Crippen molar-refractivity contribution < 1.29 is 4.79 Å². The van der Waals surface area contributed by atoms with Crippen LogP contribution in [0.15, 0.2) is 48.5 Å². The van der Waals surface area contributed by atoms with Crippen LogP contribution in [0, 0.1) is 0 Å². The molecule has 0 radical (unpaired) electrons. The van der Waals surface area contributed by atoms with Gasteiger partial charge in [-0.25, -0.2) is 0 Å². The van der Waals surface area contributed by atoms with Gasteiger partial charge in [-0.2, -0.15) is 0 Å². The van der Waals surface area contributed by atoms with E-state index in [1.165, 1.54) is 0 Å². The number of halogens is 1. The molecule has 1 atom stereocenters. The molecule has 1 heterocycles. The number of hydrogen-bond donors (Lipinski definition) is 1. The molecule has 1 amide bonds. The van der Waals surface area contributed by atoms with E-state index in [9.17, 15) is 4.79 Å². The maximum Gasteiger partial charge on any atom is 0.255 e. The number of likely N-dealkylation sites (N-methyl/N-ethyl adjacent to an activating group) is 1. The summed E-state index contributed by atoms with van der Waals surface area (Å²) >= 11 is 6.03. The second kappa shape index (κ2) is 7.89. The molecule has 0 spiro atoms. The Labute approximate surface area is 154 Å². The number of anilines is 1. The molecular formula is C20H24ClN3O. The van der Waals surface area contributed by atoms with Crippen molar-refractivity contribution in [3.05, 3.63) is 64.7 Å². The van der Waals surface area contributed by atoms with Gasteiger partial charge >= 0.3 is 0 Å². The van der Waals surface area contributed by atoms with E-state index in [4.69, 9.17) is 11.6 Å². The zero-order chi connectivity index (χ0) is 17.8. The number of carbonyl (C=O) groups is 1. The van der Waals surface area contributed by atoms with Gasteiger partial charge in [0, 0.05) is 18.1 Å². The van der Waals surface area contributed by atoms with Crippen LogP contribution in [0.5, 0.6) is 0 Å². The topological polar surface area (TPSA) is 35.6 Å². The van der Waals surface area contributed by atoms with Gasteiger partial charge < -0.3 is 15.1 Å². The van der Waals surface area contributed by atoms with Crippen LogP contribution in [-0.4, -0.2) is 37.0 Å². The van der Waals surface area contributed by atoms with E-state index < -0.39 is 0 Å². The predicted octanol–water partition coefficient (Wildman–Crippen LogP) is 3.93. The summed E-state index contributed by atoms with van der Waals surface area (Å²) in [6, 6.07) is 15.5. The third-order valence-electron chi connectivity index (χ3n) is 4.77. The molecule has 25 heavy (non-hydrogen) atoms. The lowest BCUT2D eigenvalue weighted by molar-refractivity contribution is 0.0925. The van der Waals surface area contributed by atoms with Crippen molar-refractivity contribution in [3.8, 4) is 0 Å². The molecule has 0 saturated carbocycles. The predicted molar refractivity (Wildman–Crippen MR) is 103 cm³/mol. The normalized spacial score (nSPS) is 16.7. The third-order valence-corrected chi connectivity index (χ3v) is 5.03. The molecule has 4 nitrogen and oxygen atoms in total. The molecule has 0 aromatic heterocycles. The number of carbonyl (C=O) groups excluding carboxylic acids is 1. The quantitative estimate of drug-likeness (QED) is 0.850. The molecule has 1 aliphatic heterocycles. The Bertz CT molecular complexity index is 728. The van der Waals surface area contributed by atoms with Crippen molar-refractivity contribution >= 4 is 23.2 Å². The van der Waals surface area contributed by atoms with E-state index in [1.807, 2.05) is 48.5 Å².